The first kappa shape index (κ1) is 15.7. The molecule has 5 nitrogen and oxygen atoms in total. The monoisotopic (exact) mass is 348 g/mol. The Morgan fingerprint density at radius 2 is 2.13 bits per heavy atom. The first-order valence-corrected chi connectivity index (χ1v) is 8.17. The van der Waals surface area contributed by atoms with Gasteiger partial charge in [-0.2, -0.15) is 0 Å². The van der Waals surface area contributed by atoms with E-state index in [4.69, 9.17) is 16.4 Å². The van der Waals surface area contributed by atoms with Gasteiger partial charge in [0.2, 0.25) is 0 Å². The van der Waals surface area contributed by atoms with E-state index >= 15 is 0 Å². The van der Waals surface area contributed by atoms with Gasteiger partial charge in [-0.3, -0.25) is 9.59 Å². The summed E-state index contributed by atoms with van der Waals surface area (Å²) in [5.41, 5.74) is 2.34. The largest absolute Gasteiger partial charge is 0.390 e. The first-order valence-electron chi connectivity index (χ1n) is 6.97. The molecule has 1 aromatic heterocycles. The first-order chi connectivity index (χ1) is 11.2. The van der Waals surface area contributed by atoms with Crippen molar-refractivity contribution >= 4 is 40.8 Å². The predicted octanol–water partition coefficient (Wildman–Crippen LogP) is 3.14. The van der Waals surface area contributed by atoms with Crippen molar-refractivity contribution < 1.29 is 14.4 Å². The topological polar surface area (TPSA) is 67.8 Å². The maximum absolute atomic E-state index is 12.0. The summed E-state index contributed by atoms with van der Waals surface area (Å²) in [7, 11) is 0. The molecule has 1 atom stereocenters. The van der Waals surface area contributed by atoms with Crippen molar-refractivity contribution in [3.05, 3.63) is 56.7 Å². The Morgan fingerprint density at radius 1 is 1.35 bits per heavy atom. The number of carbonyl (C=O) groups excluding carboxylic acids is 2. The highest BCUT2D eigenvalue weighted by molar-refractivity contribution is 7.17. The molecule has 0 spiro atoms. The Kier molecular flexibility index (Phi) is 4.73. The Balaban J connectivity index is 1.52. The fourth-order valence-corrected chi connectivity index (χ4v) is 3.15. The number of benzene rings is 1. The van der Waals surface area contributed by atoms with E-state index in [1.165, 1.54) is 11.3 Å². The molecule has 0 radical (unpaired) electrons. The normalized spacial score (nSPS) is 16.6. The van der Waals surface area contributed by atoms with Crippen LogP contribution in [-0.4, -0.2) is 30.6 Å². The molecule has 0 saturated carbocycles. The van der Waals surface area contributed by atoms with Crippen LogP contribution in [0.3, 0.4) is 0 Å². The van der Waals surface area contributed by atoms with Crippen LogP contribution < -0.4 is 5.32 Å². The third kappa shape index (κ3) is 3.78. The maximum atomic E-state index is 12.0. The number of nitrogens with zero attached hydrogens (tertiary/aromatic N) is 1. The average Bonchev–Trinajstić information content (AvgIpc) is 3.22. The molecule has 0 bridgehead atoms. The molecule has 1 aliphatic rings. The van der Waals surface area contributed by atoms with Gasteiger partial charge >= 0.3 is 0 Å². The Labute approximate surface area is 141 Å². The molecule has 0 saturated heterocycles. The van der Waals surface area contributed by atoms with E-state index in [1.54, 1.807) is 24.3 Å². The minimum atomic E-state index is -0.199. The van der Waals surface area contributed by atoms with Gasteiger partial charge in [0, 0.05) is 12.0 Å². The number of aldehydes is 1. The van der Waals surface area contributed by atoms with Crippen molar-refractivity contribution in [2.24, 2.45) is 5.16 Å². The van der Waals surface area contributed by atoms with Crippen LogP contribution >= 0.6 is 22.9 Å². The van der Waals surface area contributed by atoms with Gasteiger partial charge in [0.05, 0.1) is 21.5 Å². The summed E-state index contributed by atoms with van der Waals surface area (Å²) in [6.07, 6.45) is 1.20. The Bertz CT molecular complexity index is 755. The summed E-state index contributed by atoms with van der Waals surface area (Å²) in [6.45, 7) is 0.369. The van der Waals surface area contributed by atoms with E-state index < -0.39 is 0 Å². The van der Waals surface area contributed by atoms with Gasteiger partial charge in [-0.05, 0) is 17.7 Å². The number of carbonyl (C=O) groups is 2. The zero-order chi connectivity index (χ0) is 16.2. The molecule has 23 heavy (non-hydrogen) atoms. The fraction of sp³-hybridized carbons (Fsp3) is 0.188. The van der Waals surface area contributed by atoms with Crippen molar-refractivity contribution in [2.45, 2.75) is 12.5 Å². The quantitative estimate of drug-likeness (QED) is 0.844. The number of rotatable bonds is 5. The number of nitrogens with one attached hydrogen (secondary N) is 1. The lowest BCUT2D eigenvalue weighted by molar-refractivity contribution is 0.0755. The number of thiophene rings is 1. The van der Waals surface area contributed by atoms with Crippen LogP contribution in [0.2, 0.25) is 4.34 Å². The molecule has 2 aromatic rings. The van der Waals surface area contributed by atoms with Crippen molar-refractivity contribution in [2.75, 3.05) is 6.54 Å². The van der Waals surface area contributed by atoms with Gasteiger partial charge in [-0.25, -0.2) is 0 Å². The molecule has 1 aromatic carbocycles. The highest BCUT2D eigenvalue weighted by Crippen LogP contribution is 2.21. The summed E-state index contributed by atoms with van der Waals surface area (Å²) in [4.78, 5) is 28.5. The third-order valence-corrected chi connectivity index (χ3v) is 4.63. The molecule has 3 rings (SSSR count). The van der Waals surface area contributed by atoms with Gasteiger partial charge in [0.25, 0.3) is 5.91 Å². The van der Waals surface area contributed by atoms with Crippen LogP contribution in [0.5, 0.6) is 0 Å². The van der Waals surface area contributed by atoms with Gasteiger partial charge in [0.15, 0.2) is 0 Å². The zero-order valence-electron chi connectivity index (χ0n) is 12.0. The number of hydrogen-bond acceptors (Lipinski definition) is 5. The lowest BCUT2D eigenvalue weighted by Gasteiger charge is -2.09. The van der Waals surface area contributed by atoms with Crippen LogP contribution in [0.4, 0.5) is 0 Å². The van der Waals surface area contributed by atoms with E-state index in [2.05, 4.69) is 10.5 Å². The highest BCUT2D eigenvalue weighted by atomic mass is 35.5. The summed E-state index contributed by atoms with van der Waals surface area (Å²) in [6, 6.07) is 10.5. The van der Waals surface area contributed by atoms with E-state index in [9.17, 15) is 9.59 Å². The predicted molar refractivity (Wildman–Crippen MR) is 89.5 cm³/mol. The fourth-order valence-electron chi connectivity index (χ4n) is 2.19. The smallest absolute Gasteiger partial charge is 0.261 e. The van der Waals surface area contributed by atoms with E-state index in [1.807, 2.05) is 12.1 Å². The standard InChI is InChI=1S/C16H13ClN2O3S/c17-15-6-5-14(23-15)16(21)18-8-12-7-13(19-22-12)11-3-1-10(9-20)2-4-11/h1-6,9,12H,7-8H2,(H,18,21). The van der Waals surface area contributed by atoms with E-state index in [0.717, 1.165) is 17.6 Å². The van der Waals surface area contributed by atoms with Gasteiger partial charge in [-0.15, -0.1) is 11.3 Å². The molecule has 7 heteroatoms. The molecule has 2 heterocycles. The second kappa shape index (κ2) is 6.93. The minimum Gasteiger partial charge on any atom is -0.390 e. The van der Waals surface area contributed by atoms with Crippen LogP contribution in [-0.2, 0) is 4.84 Å². The van der Waals surface area contributed by atoms with E-state index in [-0.39, 0.29) is 12.0 Å². The molecule has 1 amide bonds. The Morgan fingerprint density at radius 3 is 2.78 bits per heavy atom. The Hall–Kier alpha value is -2.18. The van der Waals surface area contributed by atoms with Crippen LogP contribution in [0, 0.1) is 0 Å². The molecular formula is C16H13ClN2O3S. The number of amides is 1. The SMILES string of the molecule is O=Cc1ccc(C2=NOC(CNC(=O)c3ccc(Cl)s3)C2)cc1. The van der Waals surface area contributed by atoms with Crippen LogP contribution in [0.15, 0.2) is 41.6 Å². The number of oxime groups is 1. The van der Waals surface area contributed by atoms with Gasteiger partial charge < -0.3 is 10.2 Å². The van der Waals surface area contributed by atoms with Gasteiger partial charge in [-0.1, -0.05) is 41.0 Å². The number of hydrogen-bond donors (Lipinski definition) is 1. The van der Waals surface area contributed by atoms with E-state index in [0.29, 0.717) is 27.7 Å². The third-order valence-electron chi connectivity index (χ3n) is 3.40. The molecule has 0 aliphatic carbocycles. The maximum Gasteiger partial charge on any atom is 0.261 e. The zero-order valence-corrected chi connectivity index (χ0v) is 13.6. The molecule has 1 N–H and O–H groups in total. The van der Waals surface area contributed by atoms with Gasteiger partial charge in [0.1, 0.15) is 12.4 Å². The van der Waals surface area contributed by atoms with Crippen molar-refractivity contribution in [1.82, 2.24) is 5.32 Å². The lowest BCUT2D eigenvalue weighted by Crippen LogP contribution is -2.31. The second-order valence-corrected chi connectivity index (χ2v) is 6.74. The molecule has 0 fully saturated rings. The second-order valence-electron chi connectivity index (χ2n) is 5.02. The van der Waals surface area contributed by atoms with Crippen LogP contribution in [0.1, 0.15) is 32.0 Å². The molecule has 118 valence electrons. The molecule has 1 aliphatic heterocycles. The summed E-state index contributed by atoms with van der Waals surface area (Å²) < 4.78 is 0.580. The van der Waals surface area contributed by atoms with Crippen LogP contribution in [0.25, 0.3) is 0 Å². The van der Waals surface area contributed by atoms with Crippen molar-refractivity contribution in [3.8, 4) is 0 Å². The number of halogens is 1. The lowest BCUT2D eigenvalue weighted by atomic mass is 10.0. The van der Waals surface area contributed by atoms with Crippen molar-refractivity contribution in [1.29, 1.82) is 0 Å². The highest BCUT2D eigenvalue weighted by Gasteiger charge is 2.23. The molecule has 1 unspecified atom stereocenters. The summed E-state index contributed by atoms with van der Waals surface area (Å²) >= 11 is 7.05. The van der Waals surface area contributed by atoms with Crippen molar-refractivity contribution in [3.63, 3.8) is 0 Å². The molecular weight excluding hydrogens is 336 g/mol. The summed E-state index contributed by atoms with van der Waals surface area (Å²) in [5.74, 6) is -0.172. The average molecular weight is 349 g/mol. The summed E-state index contributed by atoms with van der Waals surface area (Å²) in [5, 5.41) is 6.87. The minimum absolute atomic E-state index is 0.172.